The lowest BCUT2D eigenvalue weighted by Crippen LogP contribution is -2.40. The van der Waals surface area contributed by atoms with Gasteiger partial charge in [0.25, 0.3) is 5.56 Å². The molecule has 3 atom stereocenters. The van der Waals surface area contributed by atoms with Crippen LogP contribution in [0.3, 0.4) is 0 Å². The monoisotopic (exact) mass is 666 g/mol. The lowest BCUT2D eigenvalue weighted by molar-refractivity contribution is -0.151. The molecule has 5 rings (SSSR count). The van der Waals surface area contributed by atoms with Crippen LogP contribution < -0.4 is 5.56 Å². The van der Waals surface area contributed by atoms with Crippen molar-refractivity contribution in [2.45, 2.75) is 155 Å². The summed E-state index contributed by atoms with van der Waals surface area (Å²) in [6.07, 6.45) is 25.2. The van der Waals surface area contributed by atoms with Crippen LogP contribution in [0.2, 0.25) is 0 Å². The molecule has 3 unspecified atom stereocenters. The van der Waals surface area contributed by atoms with E-state index in [-0.39, 0.29) is 29.4 Å². The number of fused-ring (bicyclic) bond motifs is 2. The van der Waals surface area contributed by atoms with Crippen LogP contribution in [0.1, 0.15) is 146 Å². The third kappa shape index (κ3) is 10.1. The van der Waals surface area contributed by atoms with Gasteiger partial charge in [-0.1, -0.05) is 95.2 Å². The van der Waals surface area contributed by atoms with Crippen molar-refractivity contribution in [3.8, 4) is 0 Å². The first-order chi connectivity index (χ1) is 23.4. The third-order valence-electron chi connectivity index (χ3n) is 10.8. The zero-order valence-electron chi connectivity index (χ0n) is 29.6. The molecule has 1 saturated heterocycles. The van der Waals surface area contributed by atoms with Crippen LogP contribution in [0.5, 0.6) is 0 Å². The fourth-order valence-corrected chi connectivity index (χ4v) is 7.89. The third-order valence-corrected chi connectivity index (χ3v) is 10.8. The Morgan fingerprint density at radius 2 is 1.62 bits per heavy atom. The molecule has 0 N–H and O–H groups in total. The van der Waals surface area contributed by atoms with Crippen molar-refractivity contribution in [1.82, 2.24) is 14.5 Å². The second kappa shape index (κ2) is 18.8. The maximum Gasteiger partial charge on any atom is 0.306 e. The number of allylic oxidation sites excluding steroid dienone is 2. The summed E-state index contributed by atoms with van der Waals surface area (Å²) in [5.41, 5.74) is 2.55. The van der Waals surface area contributed by atoms with Crippen LogP contribution >= 0.6 is 0 Å². The highest BCUT2D eigenvalue weighted by Gasteiger charge is 2.38. The molecule has 266 valence electrons. The highest BCUT2D eigenvalue weighted by molar-refractivity contribution is 5.92. The van der Waals surface area contributed by atoms with Crippen molar-refractivity contribution in [3.63, 3.8) is 0 Å². The van der Waals surface area contributed by atoms with E-state index in [1.807, 2.05) is 13.0 Å². The second-order valence-corrected chi connectivity index (χ2v) is 14.5. The van der Waals surface area contributed by atoms with Crippen molar-refractivity contribution < 1.29 is 18.8 Å². The van der Waals surface area contributed by atoms with Gasteiger partial charge >= 0.3 is 5.97 Å². The second-order valence-electron chi connectivity index (χ2n) is 14.5. The molecule has 1 fully saturated rings. The Morgan fingerprint density at radius 3 is 2.31 bits per heavy atom. The van der Waals surface area contributed by atoms with Crippen molar-refractivity contribution in [1.29, 1.82) is 0 Å². The molecule has 0 bridgehead atoms. The van der Waals surface area contributed by atoms with E-state index in [2.05, 4.69) is 17.0 Å². The van der Waals surface area contributed by atoms with Gasteiger partial charge < -0.3 is 14.5 Å². The predicted octanol–water partition coefficient (Wildman–Crippen LogP) is 8.46. The minimum absolute atomic E-state index is 0.0116. The molecule has 4 aliphatic rings. The van der Waals surface area contributed by atoms with Crippen LogP contribution in [0.4, 0.5) is 4.39 Å². The Morgan fingerprint density at radius 1 is 0.958 bits per heavy atom. The van der Waals surface area contributed by atoms with Crippen molar-refractivity contribution in [2.24, 2.45) is 17.0 Å². The van der Waals surface area contributed by atoms with E-state index in [4.69, 9.17) is 14.6 Å². The van der Waals surface area contributed by atoms with Gasteiger partial charge in [0.2, 0.25) is 0 Å². The molecule has 1 aromatic heterocycles. The molecule has 0 radical (unpaired) electrons. The number of likely N-dealkylation sites (tertiary alicyclic amines) is 1. The average molecular weight is 667 g/mol. The van der Waals surface area contributed by atoms with E-state index in [9.17, 15) is 14.0 Å². The zero-order chi connectivity index (χ0) is 33.7. The molecule has 4 heterocycles. The van der Waals surface area contributed by atoms with Crippen LogP contribution in [0.15, 0.2) is 34.0 Å². The summed E-state index contributed by atoms with van der Waals surface area (Å²) in [6, 6.07) is 0. The summed E-state index contributed by atoms with van der Waals surface area (Å²) < 4.78 is 21.3. The number of hydrogen-bond donors (Lipinski definition) is 0. The Bertz CT molecular complexity index is 1350. The number of halogens is 1. The number of hydrogen-bond acceptors (Lipinski definition) is 7. The number of oxime groups is 1. The lowest BCUT2D eigenvalue weighted by Gasteiger charge is -2.33. The van der Waals surface area contributed by atoms with Gasteiger partial charge in [-0.25, -0.2) is 9.37 Å². The smallest absolute Gasteiger partial charge is 0.306 e. The van der Waals surface area contributed by atoms with Crippen molar-refractivity contribution >= 4 is 11.7 Å². The predicted molar refractivity (Wildman–Crippen MR) is 189 cm³/mol. The minimum Gasteiger partial charge on any atom is -0.454 e. The van der Waals surface area contributed by atoms with Gasteiger partial charge in [0, 0.05) is 36.7 Å². The van der Waals surface area contributed by atoms with Gasteiger partial charge in [0.15, 0.2) is 18.0 Å². The summed E-state index contributed by atoms with van der Waals surface area (Å²) in [4.78, 5) is 39.1. The summed E-state index contributed by atoms with van der Waals surface area (Å²) in [6.45, 7) is 7.43. The van der Waals surface area contributed by atoms with Crippen LogP contribution in [-0.2, 0) is 27.3 Å². The molecule has 9 heteroatoms. The van der Waals surface area contributed by atoms with Crippen LogP contribution in [0, 0.1) is 18.8 Å². The molecule has 48 heavy (non-hydrogen) atoms. The lowest BCUT2D eigenvalue weighted by atomic mass is 9.81. The topological polar surface area (TPSA) is 86.0 Å². The fraction of sp³-hybridized carbons (Fsp3) is 0.744. The molecule has 8 nitrogen and oxygen atoms in total. The molecule has 0 amide bonds. The summed E-state index contributed by atoms with van der Waals surface area (Å²) >= 11 is 0. The summed E-state index contributed by atoms with van der Waals surface area (Å²) in [5, 5.41) is 4.34. The SMILES string of the molecule is CCCCCCCCCCCCCCCC(=O)OC1CCCn2c1nc(C)c(CCN1CCC(C3=NOC4C=C(F)C=CC34)CC1)c2=O. The molecule has 0 saturated carbocycles. The molecule has 3 aliphatic heterocycles. The van der Waals surface area contributed by atoms with E-state index in [0.29, 0.717) is 37.5 Å². The van der Waals surface area contributed by atoms with Gasteiger partial charge in [0.1, 0.15) is 5.83 Å². The van der Waals surface area contributed by atoms with Gasteiger partial charge in [-0.3, -0.25) is 14.2 Å². The van der Waals surface area contributed by atoms with Crippen molar-refractivity contribution in [2.75, 3.05) is 19.6 Å². The Balaban J connectivity index is 0.999. The molecule has 0 aromatic carbocycles. The number of carbonyl (C=O) groups is 1. The first-order valence-electron chi connectivity index (χ1n) is 19.3. The Kier molecular flexibility index (Phi) is 14.3. The number of ether oxygens (including phenoxy) is 1. The zero-order valence-corrected chi connectivity index (χ0v) is 29.6. The number of nitrogens with zero attached hydrogens (tertiary/aromatic N) is 4. The number of aryl methyl sites for hydroxylation is 1. The average Bonchev–Trinajstić information content (AvgIpc) is 3.50. The van der Waals surface area contributed by atoms with Gasteiger partial charge in [-0.2, -0.15) is 0 Å². The molecule has 0 spiro atoms. The Labute approximate surface area is 287 Å². The van der Waals surface area contributed by atoms with Gasteiger partial charge in [-0.15, -0.1) is 0 Å². The number of carbonyl (C=O) groups excluding carboxylic acids is 1. The van der Waals surface area contributed by atoms with Gasteiger partial charge in [-0.05, 0) is 70.7 Å². The van der Waals surface area contributed by atoms with Crippen molar-refractivity contribution in [3.05, 3.63) is 51.5 Å². The highest BCUT2D eigenvalue weighted by atomic mass is 19.1. The quantitative estimate of drug-likeness (QED) is 0.109. The van der Waals surface area contributed by atoms with E-state index < -0.39 is 6.10 Å². The number of piperidine rings is 1. The maximum atomic E-state index is 13.6. The van der Waals surface area contributed by atoms with E-state index in [1.54, 1.807) is 4.57 Å². The first kappa shape index (κ1) is 36.5. The molecular formula is C39H59FN4O4. The van der Waals surface area contributed by atoms with Crippen LogP contribution in [0.25, 0.3) is 0 Å². The highest BCUT2D eigenvalue weighted by Crippen LogP contribution is 2.34. The van der Waals surface area contributed by atoms with Crippen LogP contribution in [-0.4, -0.2) is 51.9 Å². The number of esters is 1. The van der Waals surface area contributed by atoms with E-state index in [0.717, 1.165) is 68.7 Å². The fourth-order valence-electron chi connectivity index (χ4n) is 7.89. The van der Waals surface area contributed by atoms with E-state index >= 15 is 0 Å². The van der Waals surface area contributed by atoms with E-state index in [1.165, 1.54) is 82.8 Å². The molecule has 1 aliphatic carbocycles. The van der Waals surface area contributed by atoms with Gasteiger partial charge in [0.05, 0.1) is 11.6 Å². The first-order valence-corrected chi connectivity index (χ1v) is 19.3. The summed E-state index contributed by atoms with van der Waals surface area (Å²) in [7, 11) is 0. The minimum atomic E-state index is -0.444. The molecule has 1 aromatic rings. The normalized spacial score (nSPS) is 22.5. The summed E-state index contributed by atoms with van der Waals surface area (Å²) in [5.74, 6) is 0.535. The standard InChI is InChI=1S/C39H59FN4O4/c1-3-4-5-6-7-8-9-10-11-12-13-14-15-18-36(45)47-34-17-16-24-44-38(34)41-29(2)32(39(44)46)23-27-43-25-21-30(22-26-43)37-33-20-19-31(40)28-35(33)48-42-37/h19-20,28,30,33-35H,3-18,21-27H2,1-2H3. The number of aromatic nitrogens is 2. The number of rotatable bonds is 19. The largest absolute Gasteiger partial charge is 0.454 e. The number of unbranched alkanes of at least 4 members (excludes halogenated alkanes) is 12. The molecular weight excluding hydrogens is 607 g/mol. The maximum absolute atomic E-state index is 13.6. The Hall–Kier alpha value is -2.81.